The fourth-order valence-electron chi connectivity index (χ4n) is 1.65. The number of phenols is 1. The lowest BCUT2D eigenvalue weighted by Crippen LogP contribution is -2.19. The number of nitrogens with zero attached hydrogens (tertiary/aromatic N) is 3. The van der Waals surface area contributed by atoms with Crippen molar-refractivity contribution in [2.24, 2.45) is 5.73 Å². The number of carboxylic acid groups (broad SMARTS) is 1. The molecule has 1 amide bonds. The molecule has 1 aromatic carbocycles. The zero-order chi connectivity index (χ0) is 15.4. The van der Waals surface area contributed by atoms with Crippen molar-refractivity contribution in [3.8, 4) is 5.75 Å². The van der Waals surface area contributed by atoms with Gasteiger partial charge in [-0.2, -0.15) is 0 Å². The number of hydrogen-bond donors (Lipinski definition) is 4. The Morgan fingerprint density at radius 1 is 1.38 bits per heavy atom. The maximum Gasteiger partial charge on any atom is 0.339 e. The highest BCUT2D eigenvalue weighted by atomic mass is 16.4. The number of aromatic nitrogens is 3. The minimum absolute atomic E-state index is 0.0750. The Morgan fingerprint density at radius 2 is 2.14 bits per heavy atom. The molecule has 1 aromatic heterocycles. The predicted molar refractivity (Wildman–Crippen MR) is 71.6 cm³/mol. The van der Waals surface area contributed by atoms with Gasteiger partial charge in [0.25, 0.3) is 0 Å². The van der Waals surface area contributed by atoms with E-state index in [9.17, 15) is 14.7 Å². The van der Waals surface area contributed by atoms with E-state index in [1.54, 1.807) is 6.20 Å². The van der Waals surface area contributed by atoms with Gasteiger partial charge in [-0.3, -0.25) is 4.79 Å². The summed E-state index contributed by atoms with van der Waals surface area (Å²) in [7, 11) is 0. The molecule has 0 aliphatic rings. The number of aromatic hydroxyl groups is 1. The number of anilines is 1. The number of rotatable bonds is 5. The SMILES string of the molecule is NCc1cn(CC(=O)Nc2ccc(C(=O)O)c(O)c2)nn1. The number of nitrogens with one attached hydrogen (secondary N) is 1. The third-order valence-corrected chi connectivity index (χ3v) is 2.61. The van der Waals surface area contributed by atoms with E-state index in [-0.39, 0.29) is 24.3 Å². The summed E-state index contributed by atoms with van der Waals surface area (Å²) in [6.45, 7) is 0.153. The second-order valence-corrected chi connectivity index (χ2v) is 4.20. The number of carboxylic acids is 1. The summed E-state index contributed by atoms with van der Waals surface area (Å²) in [4.78, 5) is 22.5. The number of amides is 1. The monoisotopic (exact) mass is 291 g/mol. The number of carbonyl (C=O) groups is 2. The van der Waals surface area contributed by atoms with E-state index in [4.69, 9.17) is 10.8 Å². The average Bonchev–Trinajstić information content (AvgIpc) is 2.85. The molecule has 0 radical (unpaired) electrons. The minimum Gasteiger partial charge on any atom is -0.507 e. The van der Waals surface area contributed by atoms with Gasteiger partial charge in [0.05, 0.1) is 11.9 Å². The van der Waals surface area contributed by atoms with Crippen molar-refractivity contribution in [2.45, 2.75) is 13.1 Å². The van der Waals surface area contributed by atoms with Gasteiger partial charge < -0.3 is 21.3 Å². The van der Waals surface area contributed by atoms with Crippen molar-refractivity contribution >= 4 is 17.6 Å². The number of carbonyl (C=O) groups excluding carboxylic acids is 1. The van der Waals surface area contributed by atoms with Crippen LogP contribution in [0.2, 0.25) is 0 Å². The molecule has 1 heterocycles. The lowest BCUT2D eigenvalue weighted by Gasteiger charge is -2.06. The van der Waals surface area contributed by atoms with E-state index in [1.165, 1.54) is 16.8 Å². The molecule has 2 rings (SSSR count). The van der Waals surface area contributed by atoms with Crippen LogP contribution in [0, 0.1) is 0 Å². The van der Waals surface area contributed by atoms with Crippen LogP contribution in [0.4, 0.5) is 5.69 Å². The van der Waals surface area contributed by atoms with Gasteiger partial charge in [0.1, 0.15) is 17.9 Å². The molecule has 9 nitrogen and oxygen atoms in total. The molecular formula is C12H13N5O4. The van der Waals surface area contributed by atoms with Crippen molar-refractivity contribution < 1.29 is 19.8 Å². The van der Waals surface area contributed by atoms with Crippen LogP contribution < -0.4 is 11.1 Å². The van der Waals surface area contributed by atoms with Gasteiger partial charge in [-0.05, 0) is 12.1 Å². The summed E-state index contributed by atoms with van der Waals surface area (Å²) >= 11 is 0. The number of nitrogens with two attached hydrogens (primary N) is 1. The Labute approximate surface area is 119 Å². The van der Waals surface area contributed by atoms with Gasteiger partial charge in [0.2, 0.25) is 5.91 Å². The molecular weight excluding hydrogens is 278 g/mol. The smallest absolute Gasteiger partial charge is 0.339 e. The third kappa shape index (κ3) is 3.54. The van der Waals surface area contributed by atoms with Crippen LogP contribution in [-0.4, -0.2) is 37.1 Å². The van der Waals surface area contributed by atoms with Crippen molar-refractivity contribution in [1.82, 2.24) is 15.0 Å². The molecule has 0 spiro atoms. The maximum atomic E-state index is 11.8. The van der Waals surface area contributed by atoms with Gasteiger partial charge >= 0.3 is 5.97 Å². The Kier molecular flexibility index (Phi) is 4.14. The Balaban J connectivity index is 2.02. The van der Waals surface area contributed by atoms with Crippen molar-refractivity contribution in [1.29, 1.82) is 0 Å². The van der Waals surface area contributed by atoms with Crippen molar-refractivity contribution in [3.63, 3.8) is 0 Å². The lowest BCUT2D eigenvalue weighted by atomic mass is 10.2. The highest BCUT2D eigenvalue weighted by Gasteiger charge is 2.11. The van der Waals surface area contributed by atoms with E-state index in [0.29, 0.717) is 5.69 Å². The number of aromatic carboxylic acids is 1. The van der Waals surface area contributed by atoms with Crippen LogP contribution in [0.3, 0.4) is 0 Å². The maximum absolute atomic E-state index is 11.8. The second-order valence-electron chi connectivity index (χ2n) is 4.20. The molecule has 0 saturated heterocycles. The van der Waals surface area contributed by atoms with Crippen LogP contribution in [-0.2, 0) is 17.9 Å². The first-order valence-corrected chi connectivity index (χ1v) is 5.95. The molecule has 0 saturated carbocycles. The van der Waals surface area contributed by atoms with E-state index < -0.39 is 17.6 Å². The van der Waals surface area contributed by atoms with Crippen molar-refractivity contribution in [3.05, 3.63) is 35.7 Å². The third-order valence-electron chi connectivity index (χ3n) is 2.61. The van der Waals surface area contributed by atoms with E-state index >= 15 is 0 Å². The fraction of sp³-hybridized carbons (Fsp3) is 0.167. The minimum atomic E-state index is -1.25. The van der Waals surface area contributed by atoms with Crippen LogP contribution in [0.1, 0.15) is 16.1 Å². The average molecular weight is 291 g/mol. The summed E-state index contributed by atoms with van der Waals surface area (Å²) in [6, 6.07) is 3.75. The standard InChI is InChI=1S/C12H13N5O4/c13-4-8-5-17(16-15-8)6-11(19)14-7-1-2-9(12(20)21)10(18)3-7/h1-3,5,18H,4,6,13H2,(H,14,19)(H,20,21). The molecule has 9 heteroatoms. The highest BCUT2D eigenvalue weighted by Crippen LogP contribution is 2.21. The largest absolute Gasteiger partial charge is 0.507 e. The molecule has 2 aromatic rings. The van der Waals surface area contributed by atoms with E-state index in [1.807, 2.05) is 0 Å². The second kappa shape index (κ2) is 6.01. The Hall–Kier alpha value is -2.94. The topological polar surface area (TPSA) is 143 Å². The summed E-state index contributed by atoms with van der Waals surface area (Å²) in [6.07, 6.45) is 1.55. The summed E-state index contributed by atoms with van der Waals surface area (Å²) in [5.74, 6) is -2.07. The zero-order valence-corrected chi connectivity index (χ0v) is 10.9. The van der Waals surface area contributed by atoms with Gasteiger partial charge in [-0.25, -0.2) is 9.48 Å². The van der Waals surface area contributed by atoms with Crippen LogP contribution in [0.15, 0.2) is 24.4 Å². The van der Waals surface area contributed by atoms with E-state index in [2.05, 4.69) is 15.6 Å². The van der Waals surface area contributed by atoms with Crippen LogP contribution >= 0.6 is 0 Å². The molecule has 5 N–H and O–H groups in total. The first-order chi connectivity index (χ1) is 9.99. The fourth-order valence-corrected chi connectivity index (χ4v) is 1.65. The zero-order valence-electron chi connectivity index (χ0n) is 10.9. The predicted octanol–water partition coefficient (Wildman–Crippen LogP) is -0.221. The normalized spacial score (nSPS) is 10.3. The van der Waals surface area contributed by atoms with Crippen molar-refractivity contribution in [2.75, 3.05) is 5.32 Å². The van der Waals surface area contributed by atoms with Gasteiger partial charge in [0, 0.05) is 18.3 Å². The molecule has 0 fully saturated rings. The first kappa shape index (κ1) is 14.5. The highest BCUT2D eigenvalue weighted by molar-refractivity contribution is 5.94. The summed E-state index contributed by atoms with van der Waals surface area (Å²) in [5, 5.41) is 28.3. The van der Waals surface area contributed by atoms with E-state index in [0.717, 1.165) is 6.07 Å². The van der Waals surface area contributed by atoms with Gasteiger partial charge in [-0.1, -0.05) is 5.21 Å². The number of hydrogen-bond acceptors (Lipinski definition) is 6. The molecule has 0 aliphatic heterocycles. The summed E-state index contributed by atoms with van der Waals surface area (Å²) < 4.78 is 1.32. The van der Waals surface area contributed by atoms with Crippen LogP contribution in [0.25, 0.3) is 0 Å². The molecule has 0 atom stereocenters. The van der Waals surface area contributed by atoms with Gasteiger partial charge in [-0.15, -0.1) is 5.10 Å². The molecule has 0 unspecified atom stereocenters. The van der Waals surface area contributed by atoms with Gasteiger partial charge in [0.15, 0.2) is 0 Å². The molecule has 0 aliphatic carbocycles. The summed E-state index contributed by atoms with van der Waals surface area (Å²) in [5.41, 5.74) is 5.98. The quantitative estimate of drug-likeness (QED) is 0.596. The Morgan fingerprint density at radius 3 is 2.71 bits per heavy atom. The molecule has 21 heavy (non-hydrogen) atoms. The molecule has 110 valence electrons. The number of benzene rings is 1. The molecule has 0 bridgehead atoms. The Bertz CT molecular complexity index is 682. The van der Waals surface area contributed by atoms with Crippen LogP contribution in [0.5, 0.6) is 5.75 Å². The lowest BCUT2D eigenvalue weighted by molar-refractivity contribution is -0.116. The first-order valence-electron chi connectivity index (χ1n) is 5.95.